The van der Waals surface area contributed by atoms with Crippen molar-refractivity contribution in [2.75, 3.05) is 24.6 Å². The van der Waals surface area contributed by atoms with Gasteiger partial charge >= 0.3 is 5.97 Å². The van der Waals surface area contributed by atoms with Gasteiger partial charge in [-0.05, 0) is 64.5 Å². The third-order valence-corrected chi connectivity index (χ3v) is 6.72. The summed E-state index contributed by atoms with van der Waals surface area (Å²) < 4.78 is 48.3. The van der Waals surface area contributed by atoms with Crippen molar-refractivity contribution in [3.8, 4) is 11.4 Å². The summed E-state index contributed by atoms with van der Waals surface area (Å²) in [6.45, 7) is 8.13. The highest BCUT2D eigenvalue weighted by Crippen LogP contribution is 2.37. The molecule has 2 atom stereocenters. The number of pyridine rings is 1. The molecule has 0 amide bonds. The molecule has 0 radical (unpaired) electrons. The second kappa shape index (κ2) is 11.6. The van der Waals surface area contributed by atoms with Crippen LogP contribution in [0.25, 0.3) is 11.4 Å². The smallest absolute Gasteiger partial charge is 0.306 e. The Hall–Kier alpha value is -2.66. The first-order valence-electron chi connectivity index (χ1n) is 13.4. The summed E-state index contributed by atoms with van der Waals surface area (Å²) >= 11 is 0. The van der Waals surface area contributed by atoms with Gasteiger partial charge < -0.3 is 19.1 Å². The molecule has 0 N–H and O–H groups in total. The van der Waals surface area contributed by atoms with Gasteiger partial charge in [0.1, 0.15) is 11.3 Å². The highest BCUT2D eigenvalue weighted by Gasteiger charge is 2.42. The quantitative estimate of drug-likeness (QED) is 0.450. The number of halogens is 2. The van der Waals surface area contributed by atoms with Crippen LogP contribution < -0.4 is 4.90 Å². The van der Waals surface area contributed by atoms with Crippen molar-refractivity contribution in [1.29, 1.82) is 0 Å². The van der Waals surface area contributed by atoms with Crippen LogP contribution in [0.3, 0.4) is 0 Å². The van der Waals surface area contributed by atoms with Crippen molar-refractivity contribution >= 4 is 11.7 Å². The highest BCUT2D eigenvalue weighted by atomic mass is 19.3. The van der Waals surface area contributed by atoms with Crippen LogP contribution in [0.4, 0.5) is 14.5 Å². The van der Waals surface area contributed by atoms with E-state index < -0.39 is 30.0 Å². The highest BCUT2D eigenvalue weighted by molar-refractivity contribution is 5.70. The molecule has 210 valence electrons. The largest absolute Gasteiger partial charge is 0.460 e. The number of piperidine rings is 1. The molecule has 0 saturated carbocycles. The van der Waals surface area contributed by atoms with E-state index in [1.807, 2.05) is 13.0 Å². The number of aromatic nitrogens is 4. The molecule has 4 rings (SSSR count). The van der Waals surface area contributed by atoms with Gasteiger partial charge in [-0.1, -0.05) is 12.1 Å². The minimum Gasteiger partial charge on any atom is -0.460 e. The minimum absolute atomic E-state index is 0.0516. The molecule has 0 aromatic carbocycles. The maximum Gasteiger partial charge on any atom is 0.306 e. The van der Waals surface area contributed by atoms with E-state index in [0.717, 1.165) is 25.0 Å². The molecule has 2 saturated heterocycles. The number of anilines is 1. The van der Waals surface area contributed by atoms with Crippen LogP contribution in [0.2, 0.25) is 0 Å². The molecule has 2 aromatic heterocycles. The lowest BCUT2D eigenvalue weighted by molar-refractivity contribution is -0.169. The molecule has 38 heavy (non-hydrogen) atoms. The van der Waals surface area contributed by atoms with E-state index >= 15 is 0 Å². The van der Waals surface area contributed by atoms with Crippen molar-refractivity contribution in [1.82, 2.24) is 20.0 Å². The standard InChI is InChI=1S/C27H39F2N5O4/c1-6-19-21(34-15-18(14-27(28,29)17-34)13-23(35)38-26(2,3)4)11-10-20(30-19)25-22(33(5)32-31-25)16-37-24-9-7-8-12-36-24/h10-11,18,24H,6-9,12-17H2,1-5H3. The Morgan fingerprint density at radius 3 is 2.74 bits per heavy atom. The first-order valence-corrected chi connectivity index (χ1v) is 13.4. The zero-order chi connectivity index (χ0) is 27.5. The summed E-state index contributed by atoms with van der Waals surface area (Å²) in [4.78, 5) is 18.8. The Morgan fingerprint density at radius 1 is 1.26 bits per heavy atom. The SMILES string of the molecule is CCc1nc(-c2nnn(C)c2COC2CCCCO2)ccc1N1CC(CC(=O)OC(C)(C)C)CC(F)(F)C1. The Kier molecular flexibility index (Phi) is 8.66. The first kappa shape index (κ1) is 28.4. The van der Waals surface area contributed by atoms with Gasteiger partial charge in [-0.15, -0.1) is 5.10 Å². The van der Waals surface area contributed by atoms with Crippen LogP contribution in [0.15, 0.2) is 12.1 Å². The number of hydrogen-bond donors (Lipinski definition) is 0. The van der Waals surface area contributed by atoms with Crippen LogP contribution in [0.1, 0.15) is 71.2 Å². The van der Waals surface area contributed by atoms with Gasteiger partial charge in [0, 0.05) is 26.6 Å². The Balaban J connectivity index is 1.52. The number of nitrogens with zero attached hydrogens (tertiary/aromatic N) is 5. The number of carbonyl (C=O) groups is 1. The molecular formula is C27H39F2N5O4. The molecule has 2 aliphatic rings. The number of aryl methyl sites for hydroxylation is 2. The number of hydrogen-bond acceptors (Lipinski definition) is 8. The molecule has 0 spiro atoms. The third-order valence-electron chi connectivity index (χ3n) is 6.72. The third kappa shape index (κ3) is 7.25. The predicted molar refractivity (Wildman–Crippen MR) is 138 cm³/mol. The lowest BCUT2D eigenvalue weighted by atomic mass is 9.91. The Labute approximate surface area is 222 Å². The average Bonchev–Trinajstić information content (AvgIpc) is 3.20. The van der Waals surface area contributed by atoms with Crippen molar-refractivity contribution < 1.29 is 27.8 Å². The van der Waals surface area contributed by atoms with E-state index in [1.165, 1.54) is 0 Å². The molecule has 11 heteroatoms. The van der Waals surface area contributed by atoms with Gasteiger partial charge in [-0.25, -0.2) is 18.4 Å². The van der Waals surface area contributed by atoms with Crippen LogP contribution in [-0.4, -0.2) is 63.5 Å². The van der Waals surface area contributed by atoms with Crippen LogP contribution in [0.5, 0.6) is 0 Å². The summed E-state index contributed by atoms with van der Waals surface area (Å²) in [5, 5.41) is 8.47. The summed E-state index contributed by atoms with van der Waals surface area (Å²) in [5.41, 5.74) is 2.64. The van der Waals surface area contributed by atoms with E-state index in [-0.39, 0.29) is 25.7 Å². The van der Waals surface area contributed by atoms with Crippen LogP contribution in [-0.2, 0) is 39.1 Å². The minimum atomic E-state index is -2.93. The summed E-state index contributed by atoms with van der Waals surface area (Å²) in [6.07, 6.45) is 2.86. The van der Waals surface area contributed by atoms with Crippen LogP contribution >= 0.6 is 0 Å². The summed E-state index contributed by atoms with van der Waals surface area (Å²) in [6, 6.07) is 3.60. The van der Waals surface area contributed by atoms with Gasteiger partial charge in [0.2, 0.25) is 0 Å². The molecule has 2 aliphatic heterocycles. The first-order chi connectivity index (χ1) is 17.9. The number of carbonyl (C=O) groups excluding carboxylic acids is 1. The molecule has 0 bridgehead atoms. The normalized spacial score (nSPS) is 21.9. The fourth-order valence-corrected chi connectivity index (χ4v) is 5.07. The Bertz CT molecular complexity index is 1110. The van der Waals surface area contributed by atoms with E-state index in [2.05, 4.69) is 10.3 Å². The van der Waals surface area contributed by atoms with Crippen molar-refractivity contribution in [3.63, 3.8) is 0 Å². The average molecular weight is 536 g/mol. The molecule has 4 heterocycles. The van der Waals surface area contributed by atoms with Gasteiger partial charge in [-0.3, -0.25) is 4.79 Å². The van der Waals surface area contributed by atoms with Gasteiger partial charge in [-0.2, -0.15) is 0 Å². The molecule has 2 unspecified atom stereocenters. The number of ether oxygens (including phenoxy) is 3. The maximum atomic E-state index is 14.8. The maximum absolute atomic E-state index is 14.8. The number of rotatable bonds is 8. The zero-order valence-corrected chi connectivity index (χ0v) is 23.0. The number of alkyl halides is 2. The monoisotopic (exact) mass is 535 g/mol. The van der Waals surface area contributed by atoms with E-state index in [0.29, 0.717) is 42.3 Å². The molecule has 2 aromatic rings. The second-order valence-corrected chi connectivity index (χ2v) is 11.2. The molecule has 2 fully saturated rings. The lowest BCUT2D eigenvalue weighted by Gasteiger charge is -2.39. The fourth-order valence-electron chi connectivity index (χ4n) is 5.07. The predicted octanol–water partition coefficient (Wildman–Crippen LogP) is 4.68. The van der Waals surface area contributed by atoms with Crippen LogP contribution in [0, 0.1) is 5.92 Å². The topological polar surface area (TPSA) is 91.6 Å². The van der Waals surface area contributed by atoms with Gasteiger partial charge in [0.15, 0.2) is 6.29 Å². The van der Waals surface area contributed by atoms with E-state index in [9.17, 15) is 13.6 Å². The summed E-state index contributed by atoms with van der Waals surface area (Å²) in [7, 11) is 1.80. The van der Waals surface area contributed by atoms with Crippen molar-refractivity contribution in [2.45, 2.75) is 90.6 Å². The Morgan fingerprint density at radius 2 is 2.05 bits per heavy atom. The van der Waals surface area contributed by atoms with Crippen molar-refractivity contribution in [3.05, 3.63) is 23.5 Å². The second-order valence-electron chi connectivity index (χ2n) is 11.2. The molecular weight excluding hydrogens is 496 g/mol. The molecule has 0 aliphatic carbocycles. The fraction of sp³-hybridized carbons (Fsp3) is 0.704. The molecule has 9 nitrogen and oxygen atoms in total. The van der Waals surface area contributed by atoms with Crippen molar-refractivity contribution in [2.24, 2.45) is 13.0 Å². The van der Waals surface area contributed by atoms with E-state index in [4.69, 9.17) is 19.2 Å². The number of esters is 1. The van der Waals surface area contributed by atoms with E-state index in [1.54, 1.807) is 43.5 Å². The van der Waals surface area contributed by atoms with Gasteiger partial charge in [0.25, 0.3) is 5.92 Å². The van der Waals surface area contributed by atoms with Gasteiger partial charge in [0.05, 0.1) is 42.3 Å². The summed E-state index contributed by atoms with van der Waals surface area (Å²) in [5.74, 6) is -3.91. The lowest BCUT2D eigenvalue weighted by Crippen LogP contribution is -2.48. The zero-order valence-electron chi connectivity index (χ0n) is 23.0.